The average Bonchev–Trinajstić information content (AvgIpc) is 3.34. The maximum absolute atomic E-state index is 12.9. The standard InChI is InChI=1S/C23H35N5O5S/c1-8-28(9-2)34(30,31)17-10-11-18-16(14-17)12-13-27(18)15-19-24-20(26-33-19)23(6,7)25-21(29)32-22(3,4)5/h10-11,14H,8-9,12-13,15H2,1-7H3,(H,25,29). The van der Waals surface area contributed by atoms with Crippen molar-refractivity contribution in [1.82, 2.24) is 19.8 Å². The first kappa shape index (κ1) is 26.0. The summed E-state index contributed by atoms with van der Waals surface area (Å²) in [7, 11) is -3.50. The van der Waals surface area contributed by atoms with Crippen LogP contribution in [0.2, 0.25) is 0 Å². The van der Waals surface area contributed by atoms with Gasteiger partial charge in [0.25, 0.3) is 0 Å². The van der Waals surface area contributed by atoms with E-state index in [0.29, 0.717) is 42.8 Å². The predicted molar refractivity (Wildman–Crippen MR) is 128 cm³/mol. The van der Waals surface area contributed by atoms with Crippen molar-refractivity contribution < 1.29 is 22.5 Å². The molecule has 1 aromatic heterocycles. The molecule has 1 N–H and O–H groups in total. The third-order valence-corrected chi connectivity index (χ3v) is 7.60. The van der Waals surface area contributed by atoms with Crippen LogP contribution < -0.4 is 10.2 Å². The van der Waals surface area contributed by atoms with Gasteiger partial charge in [0.15, 0.2) is 5.82 Å². The van der Waals surface area contributed by atoms with Gasteiger partial charge in [0.2, 0.25) is 15.9 Å². The van der Waals surface area contributed by atoms with Crippen molar-refractivity contribution in [3.63, 3.8) is 0 Å². The smallest absolute Gasteiger partial charge is 0.408 e. The maximum Gasteiger partial charge on any atom is 0.408 e. The van der Waals surface area contributed by atoms with E-state index in [4.69, 9.17) is 9.26 Å². The van der Waals surface area contributed by atoms with Crippen LogP contribution in [0.5, 0.6) is 0 Å². The van der Waals surface area contributed by atoms with Gasteiger partial charge in [-0.05, 0) is 64.8 Å². The summed E-state index contributed by atoms with van der Waals surface area (Å²) >= 11 is 0. The molecule has 1 aliphatic rings. The molecule has 0 saturated heterocycles. The van der Waals surface area contributed by atoms with Crippen LogP contribution in [0.3, 0.4) is 0 Å². The highest BCUT2D eigenvalue weighted by Crippen LogP contribution is 2.32. The molecule has 0 fully saturated rings. The van der Waals surface area contributed by atoms with Crippen LogP contribution in [0, 0.1) is 0 Å². The number of rotatable bonds is 8. The fourth-order valence-electron chi connectivity index (χ4n) is 3.83. The van der Waals surface area contributed by atoms with Gasteiger partial charge >= 0.3 is 6.09 Å². The number of fused-ring (bicyclic) bond motifs is 1. The molecule has 0 bridgehead atoms. The summed E-state index contributed by atoms with van der Waals surface area (Å²) in [6.45, 7) is 14.5. The minimum absolute atomic E-state index is 0.312. The molecule has 1 aliphatic heterocycles. The van der Waals surface area contributed by atoms with Gasteiger partial charge in [-0.2, -0.15) is 9.29 Å². The summed E-state index contributed by atoms with van der Waals surface area (Å²) < 4.78 is 37.9. The summed E-state index contributed by atoms with van der Waals surface area (Å²) in [4.78, 5) is 19.0. The molecule has 0 spiro atoms. The van der Waals surface area contributed by atoms with Crippen LogP contribution >= 0.6 is 0 Å². The second kappa shape index (κ2) is 9.53. The van der Waals surface area contributed by atoms with Crippen molar-refractivity contribution in [2.75, 3.05) is 24.5 Å². The Balaban J connectivity index is 1.72. The molecule has 1 amide bonds. The maximum atomic E-state index is 12.9. The van der Waals surface area contributed by atoms with E-state index in [1.54, 1.807) is 46.8 Å². The van der Waals surface area contributed by atoms with Gasteiger partial charge in [-0.15, -0.1) is 0 Å². The topological polar surface area (TPSA) is 118 Å². The lowest BCUT2D eigenvalue weighted by Gasteiger charge is -2.26. The Labute approximate surface area is 201 Å². The van der Waals surface area contributed by atoms with Gasteiger partial charge in [-0.3, -0.25) is 0 Å². The van der Waals surface area contributed by atoms with Crippen molar-refractivity contribution >= 4 is 21.8 Å². The number of aromatic nitrogens is 2. The second-order valence-corrected chi connectivity index (χ2v) is 11.8. The van der Waals surface area contributed by atoms with Crippen LogP contribution in [0.25, 0.3) is 0 Å². The number of benzene rings is 1. The van der Waals surface area contributed by atoms with Gasteiger partial charge in [-0.1, -0.05) is 19.0 Å². The molecule has 2 aromatic rings. The van der Waals surface area contributed by atoms with E-state index in [9.17, 15) is 13.2 Å². The first-order valence-electron chi connectivity index (χ1n) is 11.5. The third-order valence-electron chi connectivity index (χ3n) is 5.55. The lowest BCUT2D eigenvalue weighted by atomic mass is 10.1. The Morgan fingerprint density at radius 1 is 1.21 bits per heavy atom. The Bertz CT molecular complexity index is 1130. The Kier molecular flexibility index (Phi) is 7.28. The molecule has 1 aromatic carbocycles. The number of ether oxygens (including phenoxy) is 1. The Hall–Kier alpha value is -2.66. The largest absolute Gasteiger partial charge is 0.444 e. The van der Waals surface area contributed by atoms with Gasteiger partial charge in [0, 0.05) is 25.3 Å². The van der Waals surface area contributed by atoms with Crippen LogP contribution in [-0.4, -0.2) is 54.2 Å². The zero-order chi connectivity index (χ0) is 25.3. The minimum Gasteiger partial charge on any atom is -0.444 e. The van der Waals surface area contributed by atoms with Crippen molar-refractivity contribution in [2.45, 2.75) is 77.5 Å². The number of carbonyl (C=O) groups excluding carboxylic acids is 1. The van der Waals surface area contributed by atoms with Crippen LogP contribution in [0.15, 0.2) is 27.6 Å². The summed E-state index contributed by atoms with van der Waals surface area (Å²) in [6, 6.07) is 5.25. The number of sulfonamides is 1. The Morgan fingerprint density at radius 2 is 1.88 bits per heavy atom. The van der Waals surface area contributed by atoms with E-state index >= 15 is 0 Å². The van der Waals surface area contributed by atoms with E-state index in [0.717, 1.165) is 17.7 Å². The van der Waals surface area contributed by atoms with Gasteiger partial charge in [0.1, 0.15) is 11.1 Å². The fourth-order valence-corrected chi connectivity index (χ4v) is 5.34. The number of hydrogen-bond donors (Lipinski definition) is 1. The van der Waals surface area contributed by atoms with E-state index in [1.807, 2.05) is 19.9 Å². The molecule has 0 unspecified atom stereocenters. The summed E-state index contributed by atoms with van der Waals surface area (Å²) in [5.74, 6) is 0.746. The number of alkyl carbamates (subject to hydrolysis) is 1. The second-order valence-electron chi connectivity index (χ2n) is 9.82. The molecule has 0 radical (unpaired) electrons. The zero-order valence-corrected chi connectivity index (χ0v) is 21.8. The lowest BCUT2D eigenvalue weighted by molar-refractivity contribution is 0.0465. The summed E-state index contributed by atoms with van der Waals surface area (Å²) in [5.41, 5.74) is 0.418. The number of anilines is 1. The lowest BCUT2D eigenvalue weighted by Crippen LogP contribution is -2.44. The zero-order valence-electron chi connectivity index (χ0n) is 21.0. The molecule has 0 aliphatic carbocycles. The molecular weight excluding hydrogens is 458 g/mol. The summed E-state index contributed by atoms with van der Waals surface area (Å²) in [6.07, 6.45) is 0.164. The van der Waals surface area contributed by atoms with Crippen LogP contribution in [0.4, 0.5) is 10.5 Å². The van der Waals surface area contributed by atoms with E-state index in [2.05, 4.69) is 20.4 Å². The molecule has 188 valence electrons. The molecule has 3 rings (SSSR count). The van der Waals surface area contributed by atoms with Crippen molar-refractivity contribution in [2.24, 2.45) is 0 Å². The van der Waals surface area contributed by atoms with Crippen LogP contribution in [0.1, 0.15) is 65.7 Å². The minimum atomic E-state index is -3.50. The van der Waals surface area contributed by atoms with E-state index in [-0.39, 0.29) is 0 Å². The Morgan fingerprint density at radius 3 is 2.50 bits per heavy atom. The molecule has 0 saturated carbocycles. The average molecular weight is 494 g/mol. The van der Waals surface area contributed by atoms with Crippen LogP contribution in [-0.2, 0) is 33.3 Å². The molecule has 2 heterocycles. The van der Waals surface area contributed by atoms with E-state index < -0.39 is 27.3 Å². The number of nitrogens with zero attached hydrogens (tertiary/aromatic N) is 4. The fraction of sp³-hybridized carbons (Fsp3) is 0.609. The quantitative estimate of drug-likeness (QED) is 0.594. The first-order valence-corrected chi connectivity index (χ1v) is 12.9. The molecular formula is C23H35N5O5S. The van der Waals surface area contributed by atoms with Gasteiger partial charge in [0.05, 0.1) is 11.4 Å². The van der Waals surface area contributed by atoms with Crippen molar-refractivity contribution in [1.29, 1.82) is 0 Å². The predicted octanol–water partition coefficient (Wildman–Crippen LogP) is 3.42. The molecule has 34 heavy (non-hydrogen) atoms. The van der Waals surface area contributed by atoms with E-state index in [1.165, 1.54) is 4.31 Å². The van der Waals surface area contributed by atoms with Gasteiger partial charge in [-0.25, -0.2) is 13.2 Å². The van der Waals surface area contributed by atoms with Crippen molar-refractivity contribution in [3.8, 4) is 0 Å². The SMILES string of the molecule is CCN(CC)S(=O)(=O)c1ccc2c(c1)CCN2Cc1nc(C(C)(C)NC(=O)OC(C)(C)C)no1. The van der Waals surface area contributed by atoms with Crippen molar-refractivity contribution in [3.05, 3.63) is 35.5 Å². The highest BCUT2D eigenvalue weighted by molar-refractivity contribution is 7.89. The number of amides is 1. The molecule has 11 heteroatoms. The first-order chi connectivity index (χ1) is 15.8. The normalized spacial score (nSPS) is 14.4. The number of carbonyl (C=O) groups is 1. The third kappa shape index (κ3) is 5.69. The summed E-state index contributed by atoms with van der Waals surface area (Å²) in [5, 5.41) is 6.82. The highest BCUT2D eigenvalue weighted by Gasteiger charge is 2.32. The number of nitrogens with one attached hydrogen (secondary N) is 1. The van der Waals surface area contributed by atoms with Gasteiger partial charge < -0.3 is 19.5 Å². The monoisotopic (exact) mass is 493 g/mol. The molecule has 10 nitrogen and oxygen atoms in total. The highest BCUT2D eigenvalue weighted by atomic mass is 32.2. The number of hydrogen-bond acceptors (Lipinski definition) is 8. The molecule has 0 atom stereocenters.